The van der Waals surface area contributed by atoms with E-state index in [1.165, 1.54) is 11.8 Å². The van der Waals surface area contributed by atoms with Crippen molar-refractivity contribution in [3.05, 3.63) is 60.4 Å². The first-order valence-electron chi connectivity index (χ1n) is 7.48. The summed E-state index contributed by atoms with van der Waals surface area (Å²) in [6.45, 7) is 2.37. The second kappa shape index (κ2) is 7.27. The number of amides is 1. The van der Waals surface area contributed by atoms with Gasteiger partial charge in [0.05, 0.1) is 11.8 Å². The Morgan fingerprint density at radius 1 is 1.21 bits per heavy atom. The highest BCUT2D eigenvalue weighted by atomic mass is 32.2. The largest absolute Gasteiger partial charge is 0.369 e. The van der Waals surface area contributed by atoms with Crippen LogP contribution in [0.25, 0.3) is 11.4 Å². The fourth-order valence-corrected chi connectivity index (χ4v) is 3.01. The van der Waals surface area contributed by atoms with E-state index in [1.54, 1.807) is 19.3 Å². The van der Waals surface area contributed by atoms with Gasteiger partial charge in [0, 0.05) is 18.0 Å². The number of primary amides is 1. The Morgan fingerprint density at radius 2 is 2.00 bits per heavy atom. The fourth-order valence-electron chi connectivity index (χ4n) is 2.21. The number of benzene rings is 1. The smallest absolute Gasteiger partial charge is 0.230 e. The molecule has 0 aliphatic carbocycles. The van der Waals surface area contributed by atoms with Crippen LogP contribution in [0.1, 0.15) is 12.5 Å². The third kappa shape index (κ3) is 3.62. The van der Waals surface area contributed by atoms with Crippen molar-refractivity contribution in [1.29, 1.82) is 0 Å². The standard InChI is InChI=1S/C17H17N5OS/c1-12(15(18)23)24-17-21-20-16(14-8-5-9-19-10-14)22(17)11-13-6-3-2-4-7-13/h2-10,12H,11H2,1H3,(H2,18,23). The molecule has 0 fully saturated rings. The molecular weight excluding hydrogens is 322 g/mol. The van der Waals surface area contributed by atoms with E-state index in [1.807, 2.05) is 47.0 Å². The monoisotopic (exact) mass is 339 g/mol. The number of hydrogen-bond donors (Lipinski definition) is 1. The molecule has 2 heterocycles. The molecule has 0 aliphatic heterocycles. The maximum atomic E-state index is 11.4. The minimum absolute atomic E-state index is 0.378. The number of pyridine rings is 1. The van der Waals surface area contributed by atoms with E-state index in [2.05, 4.69) is 15.2 Å². The summed E-state index contributed by atoms with van der Waals surface area (Å²) in [6, 6.07) is 13.8. The summed E-state index contributed by atoms with van der Waals surface area (Å²) in [6.07, 6.45) is 3.46. The van der Waals surface area contributed by atoms with Crippen LogP contribution in [0.3, 0.4) is 0 Å². The van der Waals surface area contributed by atoms with Crippen molar-refractivity contribution < 1.29 is 4.79 Å². The van der Waals surface area contributed by atoms with Gasteiger partial charge in [-0.25, -0.2) is 0 Å². The zero-order chi connectivity index (χ0) is 16.9. The van der Waals surface area contributed by atoms with Gasteiger partial charge in [0.25, 0.3) is 0 Å². The molecular formula is C17H17N5OS. The summed E-state index contributed by atoms with van der Waals surface area (Å²) in [5.74, 6) is 0.336. The molecule has 1 atom stereocenters. The number of nitrogens with zero attached hydrogens (tertiary/aromatic N) is 4. The second-order valence-electron chi connectivity index (χ2n) is 5.28. The lowest BCUT2D eigenvalue weighted by Crippen LogP contribution is -2.23. The molecule has 122 valence electrons. The molecule has 0 radical (unpaired) electrons. The van der Waals surface area contributed by atoms with Crippen molar-refractivity contribution in [3.63, 3.8) is 0 Å². The van der Waals surface area contributed by atoms with E-state index in [9.17, 15) is 4.79 Å². The van der Waals surface area contributed by atoms with Gasteiger partial charge in [0.2, 0.25) is 5.91 Å². The number of aromatic nitrogens is 4. The van der Waals surface area contributed by atoms with Crippen LogP contribution in [-0.2, 0) is 11.3 Å². The van der Waals surface area contributed by atoms with Crippen LogP contribution in [0.4, 0.5) is 0 Å². The normalized spacial score (nSPS) is 12.0. The average Bonchev–Trinajstić information content (AvgIpc) is 2.99. The molecule has 1 amide bonds. The molecule has 3 rings (SSSR count). The Morgan fingerprint density at radius 3 is 2.67 bits per heavy atom. The third-order valence-electron chi connectivity index (χ3n) is 3.50. The van der Waals surface area contributed by atoms with Crippen molar-refractivity contribution in [2.45, 2.75) is 23.9 Å². The quantitative estimate of drug-likeness (QED) is 0.697. The molecule has 1 aromatic carbocycles. The Labute approximate surface area is 144 Å². The lowest BCUT2D eigenvalue weighted by Gasteiger charge is -2.12. The molecule has 0 saturated carbocycles. The first-order chi connectivity index (χ1) is 11.6. The van der Waals surface area contributed by atoms with Crippen LogP contribution in [0, 0.1) is 0 Å². The average molecular weight is 339 g/mol. The summed E-state index contributed by atoms with van der Waals surface area (Å²) in [4.78, 5) is 15.5. The number of carbonyl (C=O) groups excluding carboxylic acids is 1. The van der Waals surface area contributed by atoms with Gasteiger partial charge in [-0.15, -0.1) is 10.2 Å². The molecule has 2 N–H and O–H groups in total. The predicted molar refractivity (Wildman–Crippen MR) is 93.3 cm³/mol. The van der Waals surface area contributed by atoms with E-state index >= 15 is 0 Å². The maximum absolute atomic E-state index is 11.4. The number of carbonyl (C=O) groups is 1. The summed E-state index contributed by atoms with van der Waals surface area (Å²) in [7, 11) is 0. The zero-order valence-electron chi connectivity index (χ0n) is 13.2. The van der Waals surface area contributed by atoms with E-state index in [-0.39, 0.29) is 11.2 Å². The number of rotatable bonds is 6. The van der Waals surface area contributed by atoms with Gasteiger partial charge < -0.3 is 5.73 Å². The van der Waals surface area contributed by atoms with Crippen LogP contribution < -0.4 is 5.73 Å². The summed E-state index contributed by atoms with van der Waals surface area (Å²) in [5, 5.41) is 8.82. The summed E-state index contributed by atoms with van der Waals surface area (Å²) in [5.41, 5.74) is 7.37. The summed E-state index contributed by atoms with van der Waals surface area (Å²) < 4.78 is 1.98. The number of thioether (sulfide) groups is 1. The van der Waals surface area contributed by atoms with Crippen molar-refractivity contribution in [3.8, 4) is 11.4 Å². The highest BCUT2D eigenvalue weighted by molar-refractivity contribution is 8.00. The second-order valence-corrected chi connectivity index (χ2v) is 6.59. The van der Waals surface area contributed by atoms with Gasteiger partial charge in [0.15, 0.2) is 11.0 Å². The first kappa shape index (κ1) is 16.2. The third-order valence-corrected chi connectivity index (χ3v) is 4.60. The Kier molecular flexibility index (Phi) is 4.90. The van der Waals surface area contributed by atoms with E-state index < -0.39 is 0 Å². The minimum atomic E-state index is -0.384. The van der Waals surface area contributed by atoms with Crippen molar-refractivity contribution in [1.82, 2.24) is 19.7 Å². The SMILES string of the molecule is CC(Sc1nnc(-c2cccnc2)n1Cc1ccccc1)C(N)=O. The lowest BCUT2D eigenvalue weighted by atomic mass is 10.2. The lowest BCUT2D eigenvalue weighted by molar-refractivity contribution is -0.117. The first-order valence-corrected chi connectivity index (χ1v) is 8.36. The van der Waals surface area contributed by atoms with Gasteiger partial charge >= 0.3 is 0 Å². The highest BCUT2D eigenvalue weighted by Crippen LogP contribution is 2.27. The van der Waals surface area contributed by atoms with Crippen molar-refractivity contribution in [2.75, 3.05) is 0 Å². The zero-order valence-corrected chi connectivity index (χ0v) is 14.0. The van der Waals surface area contributed by atoms with E-state index in [4.69, 9.17) is 5.73 Å². The molecule has 1 unspecified atom stereocenters. The van der Waals surface area contributed by atoms with Crippen LogP contribution in [0.15, 0.2) is 60.0 Å². The summed E-state index contributed by atoms with van der Waals surface area (Å²) >= 11 is 1.31. The number of hydrogen-bond acceptors (Lipinski definition) is 5. The van der Waals surface area contributed by atoms with E-state index in [0.29, 0.717) is 17.5 Å². The molecule has 6 nitrogen and oxygen atoms in total. The molecule has 3 aromatic rings. The maximum Gasteiger partial charge on any atom is 0.230 e. The minimum Gasteiger partial charge on any atom is -0.369 e. The van der Waals surface area contributed by atoms with Gasteiger partial charge in [-0.05, 0) is 24.6 Å². The van der Waals surface area contributed by atoms with Gasteiger partial charge in [0.1, 0.15) is 0 Å². The Balaban J connectivity index is 2.00. The molecule has 0 saturated heterocycles. The van der Waals surface area contributed by atoms with Gasteiger partial charge in [-0.3, -0.25) is 14.3 Å². The molecule has 2 aromatic heterocycles. The van der Waals surface area contributed by atoms with Gasteiger partial charge in [-0.2, -0.15) is 0 Å². The Bertz CT molecular complexity index is 820. The van der Waals surface area contributed by atoms with Crippen LogP contribution in [0.2, 0.25) is 0 Å². The number of nitrogens with two attached hydrogens (primary N) is 1. The highest BCUT2D eigenvalue weighted by Gasteiger charge is 2.19. The predicted octanol–water partition coefficient (Wildman–Crippen LogP) is 2.35. The molecule has 0 spiro atoms. The van der Waals surface area contributed by atoms with E-state index in [0.717, 1.165) is 11.1 Å². The Hall–Kier alpha value is -2.67. The molecule has 24 heavy (non-hydrogen) atoms. The molecule has 7 heteroatoms. The molecule has 0 aliphatic rings. The topological polar surface area (TPSA) is 86.7 Å². The van der Waals surface area contributed by atoms with Gasteiger partial charge in [-0.1, -0.05) is 42.1 Å². The van der Waals surface area contributed by atoms with Crippen LogP contribution in [0.5, 0.6) is 0 Å². The molecule has 0 bridgehead atoms. The van der Waals surface area contributed by atoms with Crippen molar-refractivity contribution in [2.24, 2.45) is 5.73 Å². The van der Waals surface area contributed by atoms with Crippen LogP contribution in [-0.4, -0.2) is 30.9 Å². The van der Waals surface area contributed by atoms with Crippen LogP contribution >= 0.6 is 11.8 Å². The fraction of sp³-hybridized carbons (Fsp3) is 0.176. The van der Waals surface area contributed by atoms with Crippen molar-refractivity contribution >= 4 is 17.7 Å².